The van der Waals surface area contributed by atoms with Crippen molar-refractivity contribution in [1.82, 2.24) is 0 Å². The molecular weight excluding hydrogens is 256 g/mol. The highest BCUT2D eigenvalue weighted by Gasteiger charge is 2.17. The molecule has 0 saturated carbocycles. The quantitative estimate of drug-likeness (QED) is 0.625. The van der Waals surface area contributed by atoms with E-state index in [9.17, 15) is 0 Å². The van der Waals surface area contributed by atoms with Crippen LogP contribution in [0.15, 0.2) is 84.9 Å². The fourth-order valence-electron chi connectivity index (χ4n) is 2.47. The lowest BCUT2D eigenvalue weighted by Crippen LogP contribution is -2.04. The van der Waals surface area contributed by atoms with E-state index in [0.29, 0.717) is 0 Å². The van der Waals surface area contributed by atoms with Gasteiger partial charge in [0.25, 0.3) is 0 Å². The fraction of sp³-hybridized carbons (Fsp3) is 0.0500. The first-order valence-electron chi connectivity index (χ1n) is 7.01. The normalized spacial score (nSPS) is 10.6. The lowest BCUT2D eigenvalue weighted by atomic mass is 9.85. The van der Waals surface area contributed by atoms with Crippen LogP contribution in [0.1, 0.15) is 16.7 Å². The first kappa shape index (κ1) is 13.4. The van der Waals surface area contributed by atoms with E-state index in [0.717, 1.165) is 5.75 Å². The molecule has 1 nitrogen and oxygen atoms in total. The van der Waals surface area contributed by atoms with Crippen molar-refractivity contribution in [1.29, 1.82) is 0 Å². The number of methoxy groups -OCH3 is 1. The lowest BCUT2D eigenvalue weighted by molar-refractivity contribution is 0.414. The highest BCUT2D eigenvalue weighted by Crippen LogP contribution is 2.31. The Hall–Kier alpha value is -2.54. The molecule has 103 valence electrons. The lowest BCUT2D eigenvalue weighted by Gasteiger charge is -2.18. The van der Waals surface area contributed by atoms with Gasteiger partial charge in [0.1, 0.15) is 5.75 Å². The average Bonchev–Trinajstić information content (AvgIpc) is 2.58. The van der Waals surface area contributed by atoms with Crippen LogP contribution in [0.4, 0.5) is 0 Å². The third-order valence-electron chi connectivity index (χ3n) is 3.50. The van der Waals surface area contributed by atoms with E-state index < -0.39 is 0 Å². The molecule has 0 aliphatic heterocycles. The van der Waals surface area contributed by atoms with E-state index in [2.05, 4.69) is 60.7 Å². The molecule has 0 aliphatic carbocycles. The molecule has 0 amide bonds. The van der Waals surface area contributed by atoms with Gasteiger partial charge in [-0.05, 0) is 28.8 Å². The third kappa shape index (κ3) is 2.97. The Balaban J connectivity index is 2.07. The van der Waals surface area contributed by atoms with Gasteiger partial charge in [0.2, 0.25) is 0 Å². The molecule has 0 atom stereocenters. The summed E-state index contributed by atoms with van der Waals surface area (Å²) in [4.78, 5) is 0. The van der Waals surface area contributed by atoms with E-state index in [4.69, 9.17) is 4.74 Å². The minimum Gasteiger partial charge on any atom is -0.497 e. The van der Waals surface area contributed by atoms with E-state index in [1.165, 1.54) is 22.6 Å². The molecule has 0 heterocycles. The van der Waals surface area contributed by atoms with E-state index >= 15 is 0 Å². The van der Waals surface area contributed by atoms with Crippen molar-refractivity contribution >= 4 is 0 Å². The van der Waals surface area contributed by atoms with Crippen LogP contribution in [-0.2, 0) is 0 Å². The number of rotatable bonds is 4. The van der Waals surface area contributed by atoms with Crippen molar-refractivity contribution in [2.75, 3.05) is 7.11 Å². The summed E-state index contributed by atoms with van der Waals surface area (Å²) in [6.07, 6.45) is 0. The van der Waals surface area contributed by atoms with Gasteiger partial charge in [-0.2, -0.15) is 0 Å². The van der Waals surface area contributed by atoms with Crippen LogP contribution in [0.2, 0.25) is 0 Å². The summed E-state index contributed by atoms with van der Waals surface area (Å²) in [5, 5.41) is 0. The Morgan fingerprint density at radius 1 is 0.571 bits per heavy atom. The largest absolute Gasteiger partial charge is 0.497 e. The molecule has 0 spiro atoms. The second-order valence-corrected chi connectivity index (χ2v) is 4.84. The van der Waals surface area contributed by atoms with Gasteiger partial charge in [-0.25, -0.2) is 0 Å². The van der Waals surface area contributed by atoms with Crippen molar-refractivity contribution in [3.05, 3.63) is 108 Å². The van der Waals surface area contributed by atoms with E-state index in [1.807, 2.05) is 24.3 Å². The van der Waals surface area contributed by atoms with Crippen LogP contribution >= 0.6 is 0 Å². The summed E-state index contributed by atoms with van der Waals surface area (Å²) in [6.45, 7) is 0. The van der Waals surface area contributed by atoms with Crippen LogP contribution in [0.25, 0.3) is 0 Å². The van der Waals surface area contributed by atoms with Crippen LogP contribution in [0, 0.1) is 5.92 Å². The molecule has 0 aromatic heterocycles. The predicted octanol–water partition coefficient (Wildman–Crippen LogP) is 4.71. The molecule has 21 heavy (non-hydrogen) atoms. The topological polar surface area (TPSA) is 9.23 Å². The summed E-state index contributed by atoms with van der Waals surface area (Å²) in [5.41, 5.74) is 3.62. The van der Waals surface area contributed by atoms with Crippen molar-refractivity contribution in [3.8, 4) is 5.75 Å². The zero-order chi connectivity index (χ0) is 14.5. The summed E-state index contributed by atoms with van der Waals surface area (Å²) in [7, 11) is 1.69. The molecule has 0 N–H and O–H groups in total. The smallest absolute Gasteiger partial charge is 0.118 e. The van der Waals surface area contributed by atoms with Gasteiger partial charge in [0, 0.05) is 0 Å². The fourth-order valence-corrected chi connectivity index (χ4v) is 2.47. The highest BCUT2D eigenvalue weighted by molar-refractivity contribution is 5.57. The zero-order valence-corrected chi connectivity index (χ0v) is 12.0. The molecule has 0 fully saturated rings. The van der Waals surface area contributed by atoms with Crippen molar-refractivity contribution in [3.63, 3.8) is 0 Å². The molecule has 3 aromatic rings. The van der Waals surface area contributed by atoms with Crippen LogP contribution in [-0.4, -0.2) is 7.11 Å². The second kappa shape index (κ2) is 6.27. The van der Waals surface area contributed by atoms with E-state index in [-0.39, 0.29) is 0 Å². The maximum atomic E-state index is 5.25. The maximum absolute atomic E-state index is 5.25. The van der Waals surface area contributed by atoms with Crippen molar-refractivity contribution in [2.24, 2.45) is 0 Å². The van der Waals surface area contributed by atoms with Gasteiger partial charge in [0.15, 0.2) is 0 Å². The number of hydrogen-bond donors (Lipinski definition) is 0. The Morgan fingerprint density at radius 3 is 1.43 bits per heavy atom. The van der Waals surface area contributed by atoms with Crippen LogP contribution in [0.5, 0.6) is 5.75 Å². The first-order chi connectivity index (χ1) is 10.4. The average molecular weight is 273 g/mol. The van der Waals surface area contributed by atoms with E-state index in [1.54, 1.807) is 7.11 Å². The van der Waals surface area contributed by atoms with Gasteiger partial charge in [-0.1, -0.05) is 72.8 Å². The Bertz CT molecular complexity index is 633. The monoisotopic (exact) mass is 273 g/mol. The van der Waals surface area contributed by atoms with Gasteiger partial charge >= 0.3 is 0 Å². The van der Waals surface area contributed by atoms with Gasteiger partial charge < -0.3 is 4.74 Å². The molecule has 0 bridgehead atoms. The number of ether oxygens (including phenoxy) is 1. The third-order valence-corrected chi connectivity index (χ3v) is 3.50. The molecular formula is C20H17O. The molecule has 1 heteroatoms. The standard InChI is InChI=1S/C20H17O/c1-21-19-14-12-18(13-15-19)20(16-8-4-2-5-9-16)17-10-6-3-7-11-17/h2-15H,1H3. The molecule has 3 aromatic carbocycles. The molecule has 3 rings (SSSR count). The maximum Gasteiger partial charge on any atom is 0.118 e. The summed E-state index contributed by atoms with van der Waals surface area (Å²) < 4.78 is 5.25. The SMILES string of the molecule is COc1ccc([C](c2ccccc2)c2ccccc2)cc1. The molecule has 0 aliphatic rings. The number of hydrogen-bond acceptors (Lipinski definition) is 1. The van der Waals surface area contributed by atoms with Crippen LogP contribution < -0.4 is 4.74 Å². The molecule has 1 radical (unpaired) electrons. The number of benzene rings is 3. The Labute approximate surface area is 125 Å². The second-order valence-electron chi connectivity index (χ2n) is 4.84. The molecule has 0 saturated heterocycles. The Kier molecular flexibility index (Phi) is 4.02. The minimum atomic E-state index is 0.874. The van der Waals surface area contributed by atoms with Gasteiger partial charge in [-0.15, -0.1) is 0 Å². The van der Waals surface area contributed by atoms with Gasteiger partial charge in [-0.3, -0.25) is 0 Å². The predicted molar refractivity (Wildman–Crippen MR) is 86.4 cm³/mol. The van der Waals surface area contributed by atoms with Crippen LogP contribution in [0.3, 0.4) is 0 Å². The first-order valence-corrected chi connectivity index (χ1v) is 7.01. The highest BCUT2D eigenvalue weighted by atomic mass is 16.5. The summed E-state index contributed by atoms with van der Waals surface area (Å²) in [6, 6.07) is 29.2. The Morgan fingerprint density at radius 2 is 1.00 bits per heavy atom. The summed E-state index contributed by atoms with van der Waals surface area (Å²) in [5.74, 6) is 2.11. The molecule has 0 unspecified atom stereocenters. The summed E-state index contributed by atoms with van der Waals surface area (Å²) >= 11 is 0. The zero-order valence-electron chi connectivity index (χ0n) is 12.0. The van der Waals surface area contributed by atoms with Gasteiger partial charge in [0.05, 0.1) is 13.0 Å². The van der Waals surface area contributed by atoms with Crippen molar-refractivity contribution < 1.29 is 4.74 Å². The van der Waals surface area contributed by atoms with Crippen molar-refractivity contribution in [2.45, 2.75) is 0 Å². The minimum absolute atomic E-state index is 0.874.